The molecule has 0 radical (unpaired) electrons. The van der Waals surface area contributed by atoms with E-state index in [0.717, 1.165) is 11.4 Å². The minimum Gasteiger partial charge on any atom is -0.488 e. The number of pyridine rings is 1. The van der Waals surface area contributed by atoms with Crippen LogP contribution in [0.4, 0.5) is 16.3 Å². The number of aromatic nitrogens is 3. The van der Waals surface area contributed by atoms with Crippen LogP contribution in [0.15, 0.2) is 67.1 Å². The van der Waals surface area contributed by atoms with Crippen molar-refractivity contribution in [2.75, 3.05) is 18.9 Å². The van der Waals surface area contributed by atoms with Crippen molar-refractivity contribution in [1.82, 2.24) is 25.6 Å². The molecule has 2 amide bonds. The van der Waals surface area contributed by atoms with Gasteiger partial charge >= 0.3 is 6.03 Å². The average molecular weight is 493 g/mol. The minimum absolute atomic E-state index is 0.270. The highest BCUT2D eigenvalue weighted by atomic mass is 35.5. The van der Waals surface area contributed by atoms with Crippen molar-refractivity contribution in [1.29, 1.82) is 0 Å². The van der Waals surface area contributed by atoms with Crippen LogP contribution in [0.3, 0.4) is 0 Å². The van der Waals surface area contributed by atoms with Crippen molar-refractivity contribution >= 4 is 40.0 Å². The Morgan fingerprint density at radius 3 is 2.71 bits per heavy atom. The first-order valence-corrected chi connectivity index (χ1v) is 11.4. The molecule has 0 saturated carbocycles. The highest BCUT2D eigenvalue weighted by Crippen LogP contribution is 2.34. The van der Waals surface area contributed by atoms with Crippen LogP contribution in [0.2, 0.25) is 5.02 Å². The van der Waals surface area contributed by atoms with E-state index in [1.807, 2.05) is 49.4 Å². The summed E-state index contributed by atoms with van der Waals surface area (Å²) in [6.45, 7) is 2.52. The first-order valence-electron chi connectivity index (χ1n) is 11.0. The van der Waals surface area contributed by atoms with Crippen LogP contribution in [-0.4, -0.2) is 40.7 Å². The Balaban J connectivity index is 1.51. The number of anilines is 2. The van der Waals surface area contributed by atoms with Gasteiger partial charge < -0.3 is 25.4 Å². The molecule has 2 heterocycles. The van der Waals surface area contributed by atoms with Crippen molar-refractivity contribution in [3.05, 3.63) is 77.8 Å². The van der Waals surface area contributed by atoms with E-state index >= 15 is 0 Å². The number of rotatable bonds is 9. The SMILES string of the molecule is CNC(=O)NCC(C)Oc1cccc2ncnc(Nc3ccc(OCc4ccccn4)c(Cl)c3)c12. The number of nitrogens with one attached hydrogen (secondary N) is 3. The van der Waals surface area contributed by atoms with E-state index < -0.39 is 0 Å². The third-order valence-corrected chi connectivity index (χ3v) is 5.32. The highest BCUT2D eigenvalue weighted by Gasteiger charge is 2.14. The molecule has 2 aromatic carbocycles. The molecule has 10 heteroatoms. The monoisotopic (exact) mass is 492 g/mol. The molecule has 180 valence electrons. The Bertz CT molecular complexity index is 1300. The quantitative estimate of drug-likeness (QED) is 0.310. The zero-order valence-corrected chi connectivity index (χ0v) is 20.0. The molecular formula is C25H25ClN6O3. The van der Waals surface area contributed by atoms with Crippen LogP contribution in [0.5, 0.6) is 11.5 Å². The van der Waals surface area contributed by atoms with E-state index in [1.54, 1.807) is 25.4 Å². The van der Waals surface area contributed by atoms with Crippen LogP contribution in [0.1, 0.15) is 12.6 Å². The molecule has 3 N–H and O–H groups in total. The van der Waals surface area contributed by atoms with Gasteiger partial charge in [-0.3, -0.25) is 4.98 Å². The lowest BCUT2D eigenvalue weighted by molar-refractivity contribution is 0.210. The number of carbonyl (C=O) groups excluding carboxylic acids is 1. The molecule has 0 aliphatic heterocycles. The molecule has 0 aliphatic carbocycles. The largest absolute Gasteiger partial charge is 0.488 e. The number of amides is 2. The summed E-state index contributed by atoms with van der Waals surface area (Å²) < 4.78 is 11.9. The summed E-state index contributed by atoms with van der Waals surface area (Å²) in [7, 11) is 1.56. The molecular weight excluding hydrogens is 468 g/mol. The van der Waals surface area contributed by atoms with Crippen LogP contribution in [0.25, 0.3) is 10.9 Å². The van der Waals surface area contributed by atoms with Gasteiger partial charge in [-0.1, -0.05) is 23.7 Å². The smallest absolute Gasteiger partial charge is 0.314 e. The summed E-state index contributed by atoms with van der Waals surface area (Å²) in [5.41, 5.74) is 2.25. The third kappa shape index (κ3) is 6.27. The van der Waals surface area contributed by atoms with Crippen molar-refractivity contribution < 1.29 is 14.3 Å². The number of ether oxygens (including phenoxy) is 2. The molecule has 0 fully saturated rings. The Morgan fingerprint density at radius 1 is 1.06 bits per heavy atom. The van der Waals surface area contributed by atoms with E-state index in [0.29, 0.717) is 46.4 Å². The number of hydrogen-bond donors (Lipinski definition) is 3. The van der Waals surface area contributed by atoms with Crippen molar-refractivity contribution in [3.63, 3.8) is 0 Å². The maximum atomic E-state index is 11.5. The maximum Gasteiger partial charge on any atom is 0.314 e. The summed E-state index contributed by atoms with van der Waals surface area (Å²) in [5, 5.41) is 9.72. The zero-order valence-electron chi connectivity index (χ0n) is 19.3. The summed E-state index contributed by atoms with van der Waals surface area (Å²) >= 11 is 6.47. The topological polar surface area (TPSA) is 110 Å². The van der Waals surface area contributed by atoms with E-state index in [-0.39, 0.29) is 12.1 Å². The molecule has 1 atom stereocenters. The van der Waals surface area contributed by atoms with Crippen LogP contribution in [-0.2, 0) is 6.61 Å². The lowest BCUT2D eigenvalue weighted by atomic mass is 10.2. The Kier molecular flexibility index (Phi) is 7.79. The Morgan fingerprint density at radius 2 is 1.94 bits per heavy atom. The predicted octanol–water partition coefficient (Wildman–Crippen LogP) is 4.70. The number of carbonyl (C=O) groups is 1. The van der Waals surface area contributed by atoms with Crippen molar-refractivity contribution in [3.8, 4) is 11.5 Å². The van der Waals surface area contributed by atoms with Gasteiger partial charge in [-0.25, -0.2) is 14.8 Å². The predicted molar refractivity (Wildman–Crippen MR) is 135 cm³/mol. The molecule has 1 unspecified atom stereocenters. The van der Waals surface area contributed by atoms with E-state index in [2.05, 4.69) is 30.9 Å². The molecule has 4 aromatic rings. The summed E-state index contributed by atoms with van der Waals surface area (Å²) in [4.78, 5) is 24.5. The molecule has 0 spiro atoms. The lowest BCUT2D eigenvalue weighted by Crippen LogP contribution is -2.38. The first-order chi connectivity index (χ1) is 17.0. The number of fused-ring (bicyclic) bond motifs is 1. The van der Waals surface area contributed by atoms with E-state index in [1.165, 1.54) is 6.33 Å². The summed E-state index contributed by atoms with van der Waals surface area (Å²) in [5.74, 6) is 1.71. The second-order valence-corrected chi connectivity index (χ2v) is 8.05. The highest BCUT2D eigenvalue weighted by molar-refractivity contribution is 6.32. The number of hydrogen-bond acceptors (Lipinski definition) is 7. The van der Waals surface area contributed by atoms with Gasteiger partial charge in [0.25, 0.3) is 0 Å². The normalized spacial score (nSPS) is 11.5. The fraction of sp³-hybridized carbons (Fsp3) is 0.200. The van der Waals surface area contributed by atoms with Crippen LogP contribution >= 0.6 is 11.6 Å². The van der Waals surface area contributed by atoms with Gasteiger partial charge in [-0.15, -0.1) is 0 Å². The summed E-state index contributed by atoms with van der Waals surface area (Å²) in [6.07, 6.45) is 2.92. The second-order valence-electron chi connectivity index (χ2n) is 7.64. The van der Waals surface area contributed by atoms with Crippen LogP contribution in [0, 0.1) is 0 Å². The number of urea groups is 1. The average Bonchev–Trinajstić information content (AvgIpc) is 2.87. The maximum absolute atomic E-state index is 11.5. The third-order valence-electron chi connectivity index (χ3n) is 5.03. The van der Waals surface area contributed by atoms with E-state index in [4.69, 9.17) is 21.1 Å². The fourth-order valence-electron chi connectivity index (χ4n) is 3.32. The first kappa shape index (κ1) is 24.0. The molecule has 35 heavy (non-hydrogen) atoms. The lowest BCUT2D eigenvalue weighted by Gasteiger charge is -2.18. The molecule has 9 nitrogen and oxygen atoms in total. The minimum atomic E-state index is -0.282. The Labute approximate surface area is 207 Å². The van der Waals surface area contributed by atoms with Gasteiger partial charge in [-0.05, 0) is 49.4 Å². The molecule has 0 bridgehead atoms. The molecule has 0 saturated heterocycles. The molecule has 0 aliphatic rings. The Hall–Kier alpha value is -4.11. The van der Waals surface area contributed by atoms with E-state index in [9.17, 15) is 4.79 Å². The van der Waals surface area contributed by atoms with Gasteiger partial charge in [-0.2, -0.15) is 0 Å². The number of halogens is 1. The van der Waals surface area contributed by atoms with Crippen LogP contribution < -0.4 is 25.4 Å². The van der Waals surface area contributed by atoms with Gasteiger partial charge in [0.2, 0.25) is 0 Å². The summed E-state index contributed by atoms with van der Waals surface area (Å²) in [6, 6.07) is 16.4. The van der Waals surface area contributed by atoms with Crippen molar-refractivity contribution in [2.45, 2.75) is 19.6 Å². The standard InChI is InChI=1S/C25H25ClN6O3/c1-16(13-29-25(33)27-2)35-22-8-5-7-20-23(22)24(31-15-30-20)32-17-9-10-21(19(26)12-17)34-14-18-6-3-4-11-28-18/h3-12,15-16H,13-14H2,1-2H3,(H2,27,29,33)(H,30,31,32). The second kappa shape index (κ2) is 11.3. The molecule has 4 rings (SSSR count). The van der Waals surface area contributed by atoms with Gasteiger partial charge in [0, 0.05) is 18.9 Å². The number of nitrogens with zero attached hydrogens (tertiary/aromatic N) is 3. The van der Waals surface area contributed by atoms with Gasteiger partial charge in [0.05, 0.1) is 28.2 Å². The van der Waals surface area contributed by atoms with Crippen molar-refractivity contribution in [2.24, 2.45) is 0 Å². The fourth-order valence-corrected chi connectivity index (χ4v) is 3.56. The number of benzene rings is 2. The van der Waals surface area contributed by atoms with Gasteiger partial charge in [0.1, 0.15) is 36.4 Å². The van der Waals surface area contributed by atoms with Gasteiger partial charge in [0.15, 0.2) is 0 Å². The molecule has 2 aromatic heterocycles. The zero-order chi connectivity index (χ0) is 24.6.